The van der Waals surface area contributed by atoms with Crippen LogP contribution in [0.25, 0.3) is 0 Å². The zero-order valence-corrected chi connectivity index (χ0v) is 10.2. The van der Waals surface area contributed by atoms with Gasteiger partial charge in [0, 0.05) is 0 Å². The van der Waals surface area contributed by atoms with Gasteiger partial charge in [0.15, 0.2) is 0 Å². The first-order chi connectivity index (χ1) is 7.63. The van der Waals surface area contributed by atoms with Crippen molar-refractivity contribution in [3.8, 4) is 0 Å². The molecule has 0 saturated heterocycles. The summed E-state index contributed by atoms with van der Waals surface area (Å²) >= 11 is 0. The highest BCUT2D eigenvalue weighted by molar-refractivity contribution is 7.24. The number of hydrogen-bond donors (Lipinski definition) is 0. The molecule has 0 aromatic heterocycles. The highest BCUT2D eigenvalue weighted by Crippen LogP contribution is 2.03. The Morgan fingerprint density at radius 2 is 0.875 bits per heavy atom. The molecular formula is C6H12O8P2. The Bertz CT molecular complexity index is 251. The second-order valence-corrected chi connectivity index (χ2v) is 3.75. The van der Waals surface area contributed by atoms with Gasteiger partial charge in [-0.3, -0.25) is 9.05 Å². The molecule has 0 unspecified atom stereocenters. The molecule has 0 fully saturated rings. The molecule has 0 bridgehead atoms. The van der Waals surface area contributed by atoms with Crippen molar-refractivity contribution in [2.24, 2.45) is 0 Å². The summed E-state index contributed by atoms with van der Waals surface area (Å²) in [4.78, 5) is 0. The molecule has 0 heterocycles. The first kappa shape index (κ1) is 15.6. The summed E-state index contributed by atoms with van der Waals surface area (Å²) in [6, 6.07) is 0. The lowest BCUT2D eigenvalue weighted by Crippen LogP contribution is -2.09. The van der Waals surface area contributed by atoms with E-state index in [-0.39, 0.29) is 39.6 Å². The van der Waals surface area contributed by atoms with Crippen LogP contribution >= 0.6 is 15.8 Å². The maximum Gasteiger partial charge on any atom is 0.468 e. The second kappa shape index (κ2) is 11.1. The first-order valence-corrected chi connectivity index (χ1v) is 6.52. The molecule has 0 aliphatic heterocycles. The molecule has 0 rings (SSSR count). The molecule has 0 amide bonds. The SMILES string of the molecule is O=P(=O)OCCOCCOCCOP(=O)=O. The van der Waals surface area contributed by atoms with Gasteiger partial charge in [-0.2, -0.15) is 0 Å². The van der Waals surface area contributed by atoms with Crippen LogP contribution in [0.2, 0.25) is 0 Å². The molecule has 16 heavy (non-hydrogen) atoms. The Hall–Kier alpha value is -0.360. The van der Waals surface area contributed by atoms with Gasteiger partial charge in [-0.05, 0) is 0 Å². The predicted molar refractivity (Wildman–Crippen MR) is 50.1 cm³/mol. The molecule has 0 atom stereocenters. The second-order valence-electron chi connectivity index (χ2n) is 2.34. The van der Waals surface area contributed by atoms with Gasteiger partial charge in [0.05, 0.1) is 39.6 Å². The van der Waals surface area contributed by atoms with Crippen molar-refractivity contribution in [1.29, 1.82) is 0 Å². The van der Waals surface area contributed by atoms with E-state index in [1.54, 1.807) is 0 Å². The third-order valence-corrected chi connectivity index (χ3v) is 2.01. The Morgan fingerprint density at radius 3 is 1.19 bits per heavy atom. The van der Waals surface area contributed by atoms with Crippen molar-refractivity contribution in [2.45, 2.75) is 0 Å². The van der Waals surface area contributed by atoms with Gasteiger partial charge in [-0.15, -0.1) is 0 Å². The zero-order valence-electron chi connectivity index (χ0n) is 8.40. The van der Waals surface area contributed by atoms with E-state index in [4.69, 9.17) is 9.47 Å². The van der Waals surface area contributed by atoms with Crippen LogP contribution in [0, 0.1) is 0 Å². The monoisotopic (exact) mass is 274 g/mol. The Morgan fingerprint density at radius 1 is 0.562 bits per heavy atom. The van der Waals surface area contributed by atoms with Crippen LogP contribution in [0.15, 0.2) is 0 Å². The molecule has 94 valence electrons. The van der Waals surface area contributed by atoms with E-state index < -0.39 is 15.8 Å². The fourth-order valence-corrected chi connectivity index (χ4v) is 1.11. The van der Waals surface area contributed by atoms with E-state index in [9.17, 15) is 18.3 Å². The largest absolute Gasteiger partial charge is 0.468 e. The van der Waals surface area contributed by atoms with Crippen LogP contribution in [0.1, 0.15) is 0 Å². The standard InChI is InChI=1S/C6H12O8P2/c7-15(8)13-5-3-11-1-2-12-4-6-14-16(9)10/h1-6H2. The first-order valence-electron chi connectivity index (χ1n) is 4.33. The summed E-state index contributed by atoms with van der Waals surface area (Å²) in [5.41, 5.74) is 0. The van der Waals surface area contributed by atoms with Crippen molar-refractivity contribution in [2.75, 3.05) is 39.6 Å². The third kappa shape index (κ3) is 13.6. The molecule has 0 saturated carbocycles. The molecular weight excluding hydrogens is 262 g/mol. The molecule has 0 spiro atoms. The van der Waals surface area contributed by atoms with Crippen molar-refractivity contribution in [3.63, 3.8) is 0 Å². The van der Waals surface area contributed by atoms with E-state index in [1.807, 2.05) is 0 Å². The Balaban J connectivity index is 3.04. The van der Waals surface area contributed by atoms with Crippen molar-refractivity contribution >= 4 is 15.8 Å². The summed E-state index contributed by atoms with van der Waals surface area (Å²) in [7, 11) is -5.65. The van der Waals surface area contributed by atoms with Gasteiger partial charge in [0.2, 0.25) is 0 Å². The zero-order chi connectivity index (χ0) is 12.2. The quantitative estimate of drug-likeness (QED) is 0.409. The minimum atomic E-state index is -2.82. The molecule has 10 heteroatoms. The topological polar surface area (TPSA) is 105 Å². The van der Waals surface area contributed by atoms with Gasteiger partial charge in [-0.1, -0.05) is 0 Å². The van der Waals surface area contributed by atoms with Crippen LogP contribution in [0.3, 0.4) is 0 Å². The maximum atomic E-state index is 9.93. The van der Waals surface area contributed by atoms with Gasteiger partial charge in [0.1, 0.15) is 0 Å². The van der Waals surface area contributed by atoms with Crippen molar-refractivity contribution < 1.29 is 36.8 Å². The third-order valence-electron chi connectivity index (χ3n) is 1.22. The van der Waals surface area contributed by atoms with Crippen LogP contribution in [-0.4, -0.2) is 39.6 Å². The molecule has 8 nitrogen and oxygen atoms in total. The average molecular weight is 274 g/mol. The molecule has 0 aromatic carbocycles. The lowest BCUT2D eigenvalue weighted by Gasteiger charge is -2.03. The molecule has 0 N–H and O–H groups in total. The molecule has 0 aromatic rings. The smallest absolute Gasteiger partial charge is 0.377 e. The van der Waals surface area contributed by atoms with Gasteiger partial charge >= 0.3 is 15.8 Å². The predicted octanol–water partition coefficient (Wildman–Crippen LogP) is 1.23. The maximum absolute atomic E-state index is 9.93. The number of hydrogen-bond acceptors (Lipinski definition) is 8. The minimum absolute atomic E-state index is 0.0293. The highest BCUT2D eigenvalue weighted by Gasteiger charge is 1.94. The van der Waals surface area contributed by atoms with Crippen LogP contribution in [0.4, 0.5) is 0 Å². The fraction of sp³-hybridized carbons (Fsp3) is 1.00. The van der Waals surface area contributed by atoms with E-state index in [1.165, 1.54) is 0 Å². The van der Waals surface area contributed by atoms with E-state index in [0.717, 1.165) is 0 Å². The molecule has 0 aliphatic rings. The van der Waals surface area contributed by atoms with E-state index in [2.05, 4.69) is 9.05 Å². The average Bonchev–Trinajstić information content (AvgIpc) is 2.20. The highest BCUT2D eigenvalue weighted by atomic mass is 31.1. The van der Waals surface area contributed by atoms with Crippen molar-refractivity contribution in [1.82, 2.24) is 0 Å². The summed E-state index contributed by atoms with van der Waals surface area (Å²) in [5, 5.41) is 0. The van der Waals surface area contributed by atoms with Crippen LogP contribution in [0.5, 0.6) is 0 Å². The van der Waals surface area contributed by atoms with Crippen molar-refractivity contribution in [3.05, 3.63) is 0 Å². The van der Waals surface area contributed by atoms with Gasteiger partial charge in [0.25, 0.3) is 0 Å². The summed E-state index contributed by atoms with van der Waals surface area (Å²) in [6.45, 7) is 0.771. The molecule has 0 radical (unpaired) electrons. The van der Waals surface area contributed by atoms with E-state index in [0.29, 0.717) is 0 Å². The fourth-order valence-electron chi connectivity index (χ4n) is 0.663. The summed E-state index contributed by atoms with van der Waals surface area (Å²) in [6.07, 6.45) is 0. The summed E-state index contributed by atoms with van der Waals surface area (Å²) in [5.74, 6) is 0. The van der Waals surface area contributed by atoms with Crippen LogP contribution < -0.4 is 0 Å². The van der Waals surface area contributed by atoms with Crippen LogP contribution in [-0.2, 0) is 36.8 Å². The minimum Gasteiger partial charge on any atom is -0.377 e. The lowest BCUT2D eigenvalue weighted by molar-refractivity contribution is 0.0281. The normalized spacial score (nSPS) is 10.2. The van der Waals surface area contributed by atoms with Gasteiger partial charge in [-0.25, -0.2) is 18.3 Å². The number of rotatable bonds is 11. The summed E-state index contributed by atoms with van der Waals surface area (Å²) < 4.78 is 58.0. The number of ether oxygens (including phenoxy) is 2. The van der Waals surface area contributed by atoms with E-state index >= 15 is 0 Å². The Labute approximate surface area is 93.0 Å². The lowest BCUT2D eigenvalue weighted by atomic mass is 10.7. The molecule has 0 aliphatic carbocycles. The Kier molecular flexibility index (Phi) is 10.9. The van der Waals surface area contributed by atoms with Gasteiger partial charge < -0.3 is 9.47 Å².